The average Bonchev–Trinajstić information content (AvgIpc) is 3.25. The van der Waals surface area contributed by atoms with Gasteiger partial charge in [-0.3, -0.25) is 9.89 Å². The normalized spacial score (nSPS) is 15.1. The molecule has 0 atom stereocenters. The highest BCUT2D eigenvalue weighted by Crippen LogP contribution is 2.26. The highest BCUT2D eigenvalue weighted by Gasteiger charge is 2.20. The Hall–Kier alpha value is -2.34. The van der Waals surface area contributed by atoms with Gasteiger partial charge in [0.25, 0.3) is 0 Å². The molecule has 2 heterocycles. The van der Waals surface area contributed by atoms with Gasteiger partial charge in [-0.05, 0) is 49.3 Å². The standard InChI is InChI=1S/C21H30N4O2/c26-13-3-1-2-4-21(27)22-14-17-9-11-25(12-10-17)20-7-5-18(6-8-20)19-15-23-24-16-19/h5-8,15-17,26H,1-4,9-14H2,(H,22,27)(H,23,24). The Balaban J connectivity index is 1.38. The van der Waals surface area contributed by atoms with Crippen molar-refractivity contribution in [2.24, 2.45) is 5.92 Å². The number of aromatic amines is 1. The van der Waals surface area contributed by atoms with E-state index in [9.17, 15) is 4.79 Å². The molecule has 1 aliphatic rings. The number of amides is 1. The maximum absolute atomic E-state index is 11.9. The minimum Gasteiger partial charge on any atom is -0.396 e. The van der Waals surface area contributed by atoms with Crippen molar-refractivity contribution in [3.8, 4) is 11.1 Å². The van der Waals surface area contributed by atoms with Gasteiger partial charge >= 0.3 is 0 Å². The summed E-state index contributed by atoms with van der Waals surface area (Å²) in [5, 5.41) is 18.7. The number of unbranched alkanes of at least 4 members (excludes halogenated alkanes) is 2. The molecule has 146 valence electrons. The van der Waals surface area contributed by atoms with Gasteiger partial charge in [0.05, 0.1) is 6.20 Å². The van der Waals surface area contributed by atoms with E-state index in [0.717, 1.165) is 57.3 Å². The number of nitrogens with zero attached hydrogens (tertiary/aromatic N) is 2. The molecule has 27 heavy (non-hydrogen) atoms. The zero-order valence-electron chi connectivity index (χ0n) is 15.9. The Bertz CT molecular complexity index is 677. The lowest BCUT2D eigenvalue weighted by molar-refractivity contribution is -0.121. The number of carbonyl (C=O) groups excluding carboxylic acids is 1. The van der Waals surface area contributed by atoms with Crippen LogP contribution in [0.15, 0.2) is 36.7 Å². The van der Waals surface area contributed by atoms with Gasteiger partial charge in [0.15, 0.2) is 0 Å². The summed E-state index contributed by atoms with van der Waals surface area (Å²) < 4.78 is 0. The largest absolute Gasteiger partial charge is 0.396 e. The molecule has 6 heteroatoms. The third-order valence-corrected chi connectivity index (χ3v) is 5.33. The topological polar surface area (TPSA) is 81.2 Å². The lowest BCUT2D eigenvalue weighted by Crippen LogP contribution is -2.38. The molecular weight excluding hydrogens is 340 g/mol. The summed E-state index contributed by atoms with van der Waals surface area (Å²) in [6, 6.07) is 8.64. The molecule has 1 amide bonds. The van der Waals surface area contributed by atoms with Gasteiger partial charge < -0.3 is 15.3 Å². The Kier molecular flexibility index (Phi) is 7.27. The molecule has 3 rings (SSSR count). The number of piperidine rings is 1. The van der Waals surface area contributed by atoms with E-state index in [0.29, 0.717) is 12.3 Å². The number of aromatic nitrogens is 2. The Labute approximate surface area is 161 Å². The first kappa shape index (κ1) is 19.4. The molecule has 0 bridgehead atoms. The number of anilines is 1. The van der Waals surface area contributed by atoms with E-state index in [4.69, 9.17) is 5.11 Å². The fourth-order valence-electron chi connectivity index (χ4n) is 3.59. The first-order chi connectivity index (χ1) is 13.3. The SMILES string of the molecule is O=C(CCCCCO)NCC1CCN(c2ccc(-c3cn[nH]c3)cc2)CC1. The maximum atomic E-state index is 11.9. The second-order valence-electron chi connectivity index (χ2n) is 7.30. The number of aliphatic hydroxyl groups is 1. The third-order valence-electron chi connectivity index (χ3n) is 5.33. The van der Waals surface area contributed by atoms with Gasteiger partial charge in [-0.1, -0.05) is 18.6 Å². The summed E-state index contributed by atoms with van der Waals surface area (Å²) in [5.74, 6) is 0.707. The number of hydrogen-bond acceptors (Lipinski definition) is 4. The lowest BCUT2D eigenvalue weighted by atomic mass is 9.96. The van der Waals surface area contributed by atoms with Gasteiger partial charge in [0.2, 0.25) is 5.91 Å². The number of H-pyrrole nitrogens is 1. The quantitative estimate of drug-likeness (QED) is 0.593. The Morgan fingerprint density at radius 3 is 2.59 bits per heavy atom. The number of aliphatic hydroxyl groups excluding tert-OH is 1. The van der Waals surface area contributed by atoms with Crippen molar-refractivity contribution in [2.45, 2.75) is 38.5 Å². The van der Waals surface area contributed by atoms with Gasteiger partial charge in [-0.15, -0.1) is 0 Å². The molecule has 0 saturated carbocycles. The first-order valence-electron chi connectivity index (χ1n) is 9.98. The molecular formula is C21H30N4O2. The minimum absolute atomic E-state index is 0.144. The minimum atomic E-state index is 0.144. The van der Waals surface area contributed by atoms with E-state index in [1.807, 2.05) is 12.4 Å². The summed E-state index contributed by atoms with van der Waals surface area (Å²) in [6.07, 6.45) is 9.09. The van der Waals surface area contributed by atoms with Gasteiger partial charge in [-0.25, -0.2) is 0 Å². The Morgan fingerprint density at radius 2 is 1.93 bits per heavy atom. The zero-order chi connectivity index (χ0) is 18.9. The fraction of sp³-hybridized carbons (Fsp3) is 0.524. The van der Waals surface area contributed by atoms with Gasteiger partial charge in [0.1, 0.15) is 0 Å². The van der Waals surface area contributed by atoms with E-state index >= 15 is 0 Å². The second kappa shape index (κ2) is 10.1. The van der Waals surface area contributed by atoms with Gasteiger partial charge in [0, 0.05) is 50.1 Å². The van der Waals surface area contributed by atoms with Crippen LogP contribution in [0.1, 0.15) is 38.5 Å². The highest BCUT2D eigenvalue weighted by molar-refractivity contribution is 5.75. The number of nitrogens with one attached hydrogen (secondary N) is 2. The van der Waals surface area contributed by atoms with Crippen LogP contribution < -0.4 is 10.2 Å². The van der Waals surface area contributed by atoms with Crippen molar-refractivity contribution in [1.29, 1.82) is 0 Å². The summed E-state index contributed by atoms with van der Waals surface area (Å²) in [6.45, 7) is 3.06. The molecule has 3 N–H and O–H groups in total. The van der Waals surface area contributed by atoms with Crippen LogP contribution in [-0.2, 0) is 4.79 Å². The van der Waals surface area contributed by atoms with Crippen LogP contribution >= 0.6 is 0 Å². The smallest absolute Gasteiger partial charge is 0.220 e. The van der Waals surface area contributed by atoms with Crippen molar-refractivity contribution >= 4 is 11.6 Å². The van der Waals surface area contributed by atoms with E-state index < -0.39 is 0 Å². The van der Waals surface area contributed by atoms with E-state index in [1.165, 1.54) is 11.3 Å². The molecule has 1 aromatic carbocycles. The molecule has 0 aliphatic carbocycles. The second-order valence-corrected chi connectivity index (χ2v) is 7.30. The predicted molar refractivity (Wildman–Crippen MR) is 108 cm³/mol. The van der Waals surface area contributed by atoms with Crippen molar-refractivity contribution in [3.05, 3.63) is 36.7 Å². The van der Waals surface area contributed by atoms with Crippen LogP contribution in [0.25, 0.3) is 11.1 Å². The number of rotatable bonds is 9. The van der Waals surface area contributed by atoms with E-state index in [2.05, 4.69) is 44.7 Å². The van der Waals surface area contributed by atoms with Crippen molar-refractivity contribution in [3.63, 3.8) is 0 Å². The molecule has 1 saturated heterocycles. The van der Waals surface area contributed by atoms with Crippen LogP contribution in [0, 0.1) is 5.92 Å². The number of benzene rings is 1. The molecule has 0 unspecified atom stereocenters. The monoisotopic (exact) mass is 370 g/mol. The number of carbonyl (C=O) groups is 1. The van der Waals surface area contributed by atoms with Crippen LogP contribution in [0.5, 0.6) is 0 Å². The van der Waals surface area contributed by atoms with Crippen LogP contribution in [0.3, 0.4) is 0 Å². The van der Waals surface area contributed by atoms with Crippen molar-refractivity contribution in [2.75, 3.05) is 31.1 Å². The third kappa shape index (κ3) is 5.82. The summed E-state index contributed by atoms with van der Waals surface area (Å²) in [7, 11) is 0. The molecule has 0 radical (unpaired) electrons. The highest BCUT2D eigenvalue weighted by atomic mass is 16.2. The lowest BCUT2D eigenvalue weighted by Gasteiger charge is -2.33. The van der Waals surface area contributed by atoms with Crippen LogP contribution in [0.4, 0.5) is 5.69 Å². The number of hydrogen-bond donors (Lipinski definition) is 3. The van der Waals surface area contributed by atoms with Crippen LogP contribution in [0.2, 0.25) is 0 Å². The fourth-order valence-corrected chi connectivity index (χ4v) is 3.59. The van der Waals surface area contributed by atoms with Crippen molar-refractivity contribution in [1.82, 2.24) is 15.5 Å². The van der Waals surface area contributed by atoms with E-state index in [1.54, 1.807) is 0 Å². The average molecular weight is 370 g/mol. The first-order valence-corrected chi connectivity index (χ1v) is 9.98. The van der Waals surface area contributed by atoms with Gasteiger partial charge in [-0.2, -0.15) is 5.10 Å². The molecule has 1 fully saturated rings. The molecule has 1 aliphatic heterocycles. The zero-order valence-corrected chi connectivity index (χ0v) is 15.9. The summed E-state index contributed by atoms with van der Waals surface area (Å²) in [4.78, 5) is 14.3. The molecule has 0 spiro atoms. The molecule has 1 aromatic heterocycles. The summed E-state index contributed by atoms with van der Waals surface area (Å²) in [5.41, 5.74) is 3.53. The molecule has 6 nitrogen and oxygen atoms in total. The molecule has 2 aromatic rings. The maximum Gasteiger partial charge on any atom is 0.220 e. The Morgan fingerprint density at radius 1 is 1.15 bits per heavy atom. The van der Waals surface area contributed by atoms with Crippen molar-refractivity contribution < 1.29 is 9.90 Å². The predicted octanol–water partition coefficient (Wildman–Crippen LogP) is 2.96. The van der Waals surface area contributed by atoms with E-state index in [-0.39, 0.29) is 12.5 Å². The summed E-state index contributed by atoms with van der Waals surface area (Å²) >= 11 is 0. The van der Waals surface area contributed by atoms with Crippen LogP contribution in [-0.4, -0.2) is 47.5 Å².